The SMILES string of the molecule is CNC(=O)c1sc2ccccc2c1C[C@@H]1CCCCN1Cc1c(C)nc2sccn12. The molecule has 7 heteroatoms. The summed E-state index contributed by atoms with van der Waals surface area (Å²) in [4.78, 5) is 21.9. The van der Waals surface area contributed by atoms with Crippen LogP contribution in [-0.4, -0.2) is 39.8 Å². The molecule has 1 fully saturated rings. The van der Waals surface area contributed by atoms with E-state index in [1.807, 2.05) is 0 Å². The molecule has 0 unspecified atom stereocenters. The predicted molar refractivity (Wildman–Crippen MR) is 125 cm³/mol. The molecule has 1 N–H and O–H groups in total. The van der Waals surface area contributed by atoms with Gasteiger partial charge in [0.1, 0.15) is 0 Å². The van der Waals surface area contributed by atoms with Crippen LogP contribution in [0.4, 0.5) is 0 Å². The number of thiophene rings is 1. The minimum absolute atomic E-state index is 0.0279. The van der Waals surface area contributed by atoms with Crippen LogP contribution in [-0.2, 0) is 13.0 Å². The third-order valence-electron chi connectivity index (χ3n) is 6.23. The molecule has 1 atom stereocenters. The maximum absolute atomic E-state index is 12.6. The summed E-state index contributed by atoms with van der Waals surface area (Å²) in [5.74, 6) is 0.0279. The largest absolute Gasteiger partial charge is 0.354 e. The Bertz CT molecular complexity index is 1200. The second kappa shape index (κ2) is 8.13. The number of carbonyl (C=O) groups is 1. The van der Waals surface area contributed by atoms with Crippen LogP contribution in [0.1, 0.15) is 45.9 Å². The summed E-state index contributed by atoms with van der Waals surface area (Å²) < 4.78 is 3.43. The Kier molecular flexibility index (Phi) is 5.35. The molecule has 0 spiro atoms. The van der Waals surface area contributed by atoms with Gasteiger partial charge in [0.2, 0.25) is 0 Å². The van der Waals surface area contributed by atoms with Crippen LogP contribution in [0, 0.1) is 6.92 Å². The van der Waals surface area contributed by atoms with Crippen molar-refractivity contribution in [2.24, 2.45) is 0 Å². The Morgan fingerprint density at radius 3 is 3.03 bits per heavy atom. The van der Waals surface area contributed by atoms with Crippen molar-refractivity contribution < 1.29 is 4.79 Å². The molecule has 5 nitrogen and oxygen atoms in total. The highest BCUT2D eigenvalue weighted by Crippen LogP contribution is 2.34. The van der Waals surface area contributed by atoms with Gasteiger partial charge in [-0.15, -0.1) is 22.7 Å². The lowest BCUT2D eigenvalue weighted by molar-refractivity contribution is 0.0964. The van der Waals surface area contributed by atoms with Crippen molar-refractivity contribution in [1.29, 1.82) is 0 Å². The van der Waals surface area contributed by atoms with Crippen molar-refractivity contribution in [3.8, 4) is 0 Å². The van der Waals surface area contributed by atoms with Gasteiger partial charge in [-0.3, -0.25) is 14.1 Å². The lowest BCUT2D eigenvalue weighted by atomic mass is 9.93. The van der Waals surface area contributed by atoms with Gasteiger partial charge in [0.05, 0.1) is 16.3 Å². The molecule has 0 bridgehead atoms. The molecule has 4 heterocycles. The van der Waals surface area contributed by atoms with Crippen molar-refractivity contribution in [3.05, 3.63) is 57.7 Å². The van der Waals surface area contributed by atoms with E-state index in [9.17, 15) is 4.79 Å². The fraction of sp³-hybridized carbons (Fsp3) is 0.391. The van der Waals surface area contributed by atoms with Crippen molar-refractivity contribution in [2.75, 3.05) is 13.6 Å². The highest BCUT2D eigenvalue weighted by molar-refractivity contribution is 7.21. The van der Waals surface area contributed by atoms with Gasteiger partial charge >= 0.3 is 0 Å². The molecule has 0 radical (unpaired) electrons. The Labute approximate surface area is 184 Å². The average molecular weight is 439 g/mol. The quantitative estimate of drug-likeness (QED) is 0.483. The molecule has 1 aliphatic rings. The number of fused-ring (bicyclic) bond motifs is 2. The van der Waals surface area contributed by atoms with Crippen LogP contribution in [0.2, 0.25) is 0 Å². The highest BCUT2D eigenvalue weighted by Gasteiger charge is 2.28. The number of hydrogen-bond donors (Lipinski definition) is 1. The number of piperidine rings is 1. The number of nitrogens with zero attached hydrogens (tertiary/aromatic N) is 3. The first-order valence-electron chi connectivity index (χ1n) is 10.5. The first-order valence-corrected chi connectivity index (χ1v) is 12.2. The highest BCUT2D eigenvalue weighted by atomic mass is 32.1. The monoisotopic (exact) mass is 438 g/mol. The van der Waals surface area contributed by atoms with Gasteiger partial charge in [-0.2, -0.15) is 0 Å². The van der Waals surface area contributed by atoms with Gasteiger partial charge < -0.3 is 5.32 Å². The van der Waals surface area contributed by atoms with Crippen LogP contribution in [0.5, 0.6) is 0 Å². The molecular weight excluding hydrogens is 412 g/mol. The number of imidazole rings is 1. The van der Waals surface area contributed by atoms with Gasteiger partial charge in [0.25, 0.3) is 5.91 Å². The normalized spacial score (nSPS) is 17.7. The van der Waals surface area contributed by atoms with Gasteiger partial charge in [-0.1, -0.05) is 24.6 Å². The first-order chi connectivity index (χ1) is 14.7. The number of thiazole rings is 1. The number of hydrogen-bond acceptors (Lipinski definition) is 5. The number of rotatable bonds is 5. The number of carbonyl (C=O) groups excluding carboxylic acids is 1. The van der Waals surface area contributed by atoms with E-state index in [2.05, 4.69) is 57.4 Å². The summed E-state index contributed by atoms with van der Waals surface area (Å²) in [7, 11) is 1.72. The van der Waals surface area contributed by atoms with E-state index in [4.69, 9.17) is 4.98 Å². The molecule has 156 valence electrons. The maximum Gasteiger partial charge on any atom is 0.261 e. The van der Waals surface area contributed by atoms with Gasteiger partial charge in [-0.05, 0) is 49.7 Å². The zero-order chi connectivity index (χ0) is 20.7. The Hall–Kier alpha value is -2.22. The molecular formula is C23H26N4OS2. The third-order valence-corrected chi connectivity index (χ3v) is 8.20. The van der Waals surface area contributed by atoms with E-state index in [1.54, 1.807) is 29.7 Å². The fourth-order valence-corrected chi connectivity index (χ4v) is 6.61. The molecule has 1 saturated heterocycles. The summed E-state index contributed by atoms with van der Waals surface area (Å²) in [6.45, 7) is 4.12. The average Bonchev–Trinajstić information content (AvgIpc) is 3.44. The lowest BCUT2D eigenvalue weighted by Gasteiger charge is -2.36. The van der Waals surface area contributed by atoms with E-state index in [-0.39, 0.29) is 5.91 Å². The van der Waals surface area contributed by atoms with E-state index >= 15 is 0 Å². The smallest absolute Gasteiger partial charge is 0.261 e. The van der Waals surface area contributed by atoms with E-state index in [0.717, 1.165) is 35.0 Å². The molecule has 3 aromatic heterocycles. The Morgan fingerprint density at radius 1 is 1.30 bits per heavy atom. The molecule has 0 saturated carbocycles. The molecule has 1 aliphatic heterocycles. The number of aryl methyl sites for hydroxylation is 1. The summed E-state index contributed by atoms with van der Waals surface area (Å²) in [5, 5.41) is 6.17. The van der Waals surface area contributed by atoms with Crippen molar-refractivity contribution in [1.82, 2.24) is 19.6 Å². The Balaban J connectivity index is 1.48. The number of aromatic nitrogens is 2. The maximum atomic E-state index is 12.6. The second-order valence-electron chi connectivity index (χ2n) is 8.01. The first kappa shape index (κ1) is 19.7. The van der Waals surface area contributed by atoms with Crippen LogP contribution in [0.15, 0.2) is 35.8 Å². The predicted octanol–water partition coefficient (Wildman–Crippen LogP) is 4.88. The molecule has 5 rings (SSSR count). The van der Waals surface area contributed by atoms with Crippen molar-refractivity contribution in [3.63, 3.8) is 0 Å². The van der Waals surface area contributed by atoms with Crippen LogP contribution < -0.4 is 5.32 Å². The summed E-state index contributed by atoms with van der Waals surface area (Å²) in [6.07, 6.45) is 6.69. The summed E-state index contributed by atoms with van der Waals surface area (Å²) in [5.41, 5.74) is 3.62. The fourth-order valence-electron chi connectivity index (χ4n) is 4.66. The molecule has 30 heavy (non-hydrogen) atoms. The van der Waals surface area contributed by atoms with E-state index in [0.29, 0.717) is 6.04 Å². The summed E-state index contributed by atoms with van der Waals surface area (Å²) >= 11 is 3.30. The minimum Gasteiger partial charge on any atom is -0.354 e. The van der Waals surface area contributed by atoms with Crippen LogP contribution >= 0.6 is 22.7 Å². The number of nitrogens with one attached hydrogen (secondary N) is 1. The molecule has 1 aromatic carbocycles. The topological polar surface area (TPSA) is 49.6 Å². The zero-order valence-electron chi connectivity index (χ0n) is 17.4. The van der Waals surface area contributed by atoms with E-state index in [1.165, 1.54) is 40.6 Å². The minimum atomic E-state index is 0.0279. The van der Waals surface area contributed by atoms with Gasteiger partial charge in [-0.25, -0.2) is 4.98 Å². The van der Waals surface area contributed by atoms with Crippen molar-refractivity contribution in [2.45, 2.75) is 45.2 Å². The Morgan fingerprint density at radius 2 is 2.17 bits per heavy atom. The van der Waals surface area contributed by atoms with Gasteiger partial charge in [0.15, 0.2) is 4.96 Å². The summed E-state index contributed by atoms with van der Waals surface area (Å²) in [6, 6.07) is 8.85. The number of likely N-dealkylation sites (tertiary alicyclic amines) is 1. The third kappa shape index (κ3) is 3.45. The van der Waals surface area contributed by atoms with Gasteiger partial charge in [0, 0.05) is 35.9 Å². The van der Waals surface area contributed by atoms with Crippen molar-refractivity contribution >= 4 is 43.6 Å². The second-order valence-corrected chi connectivity index (χ2v) is 9.93. The molecule has 4 aromatic rings. The standard InChI is InChI=1S/C23H26N4OS2/c1-15-19(27-11-12-29-23(27)25-15)14-26-10-6-5-7-16(26)13-18-17-8-3-4-9-20(17)30-21(18)22(28)24-2/h3-4,8-9,11-12,16H,5-7,10,13-14H2,1-2H3,(H,24,28)/t16-/m0/s1. The zero-order valence-corrected chi connectivity index (χ0v) is 19.0. The molecule has 0 aliphatic carbocycles. The number of amides is 1. The van der Waals surface area contributed by atoms with Crippen LogP contribution in [0.25, 0.3) is 15.0 Å². The van der Waals surface area contributed by atoms with E-state index < -0.39 is 0 Å². The lowest BCUT2D eigenvalue weighted by Crippen LogP contribution is -2.41. The molecule has 1 amide bonds. The van der Waals surface area contributed by atoms with Crippen LogP contribution in [0.3, 0.4) is 0 Å². The number of benzene rings is 1.